The molecule has 2 aromatic rings. The first-order valence-electron chi connectivity index (χ1n) is 7.52. The zero-order valence-corrected chi connectivity index (χ0v) is 14.0. The van der Waals surface area contributed by atoms with Crippen molar-refractivity contribution in [1.82, 2.24) is 25.5 Å². The molecule has 0 saturated carbocycles. The van der Waals surface area contributed by atoms with Gasteiger partial charge in [-0.2, -0.15) is 11.3 Å². The molecule has 3 rings (SSSR count). The summed E-state index contributed by atoms with van der Waals surface area (Å²) in [6, 6.07) is 0. The van der Waals surface area contributed by atoms with E-state index in [-0.39, 0.29) is 12.0 Å². The van der Waals surface area contributed by atoms with Crippen molar-refractivity contribution in [3.05, 3.63) is 21.9 Å². The number of ether oxygens (including phenoxy) is 1. The maximum Gasteiger partial charge on any atom is 0.246 e. The topological polar surface area (TPSA) is 85.2 Å². The summed E-state index contributed by atoms with van der Waals surface area (Å²) in [5, 5.41) is 19.1. The van der Waals surface area contributed by atoms with Gasteiger partial charge >= 0.3 is 0 Å². The number of carbonyl (C=O) groups excluding carboxylic acids is 1. The summed E-state index contributed by atoms with van der Waals surface area (Å²) in [4.78, 5) is 13.2. The molecule has 0 aromatic carbocycles. The fourth-order valence-electron chi connectivity index (χ4n) is 2.52. The molecule has 1 fully saturated rings. The molecule has 0 aliphatic carbocycles. The van der Waals surface area contributed by atoms with E-state index in [9.17, 15) is 4.79 Å². The van der Waals surface area contributed by atoms with Crippen molar-refractivity contribution in [2.45, 2.75) is 26.5 Å². The summed E-state index contributed by atoms with van der Waals surface area (Å²) in [6.45, 7) is 6.73. The van der Waals surface area contributed by atoms with Crippen molar-refractivity contribution in [1.29, 1.82) is 0 Å². The first-order valence-corrected chi connectivity index (χ1v) is 8.46. The third kappa shape index (κ3) is 3.85. The highest BCUT2D eigenvalue weighted by Crippen LogP contribution is 2.19. The van der Waals surface area contributed by atoms with E-state index in [1.165, 1.54) is 18.1 Å². The Morgan fingerprint density at radius 2 is 2.39 bits per heavy atom. The SMILES string of the molecule is CC(=O)NCC1CN(c2nnnn2Cc2cscc2C)CCO1. The predicted molar refractivity (Wildman–Crippen MR) is 86.6 cm³/mol. The van der Waals surface area contributed by atoms with Crippen molar-refractivity contribution in [3.63, 3.8) is 0 Å². The Labute approximate surface area is 138 Å². The van der Waals surface area contributed by atoms with Gasteiger partial charge < -0.3 is 15.0 Å². The van der Waals surface area contributed by atoms with Gasteiger partial charge in [0.1, 0.15) is 0 Å². The minimum Gasteiger partial charge on any atom is -0.373 e. The summed E-state index contributed by atoms with van der Waals surface area (Å²) in [7, 11) is 0. The van der Waals surface area contributed by atoms with Crippen LogP contribution >= 0.6 is 11.3 Å². The van der Waals surface area contributed by atoms with Gasteiger partial charge in [-0.25, -0.2) is 4.68 Å². The summed E-state index contributed by atoms with van der Waals surface area (Å²) in [6.07, 6.45) is -0.0549. The number of anilines is 1. The van der Waals surface area contributed by atoms with Gasteiger partial charge in [0, 0.05) is 26.6 Å². The molecule has 23 heavy (non-hydrogen) atoms. The molecule has 0 bridgehead atoms. The molecule has 1 saturated heterocycles. The number of carbonyl (C=O) groups is 1. The molecule has 1 atom stereocenters. The Balaban J connectivity index is 1.68. The van der Waals surface area contributed by atoms with E-state index in [0.717, 1.165) is 12.5 Å². The van der Waals surface area contributed by atoms with Crippen molar-refractivity contribution >= 4 is 23.2 Å². The molecule has 124 valence electrons. The van der Waals surface area contributed by atoms with Crippen LogP contribution < -0.4 is 10.2 Å². The maximum atomic E-state index is 11.0. The van der Waals surface area contributed by atoms with Crippen molar-refractivity contribution in [2.24, 2.45) is 0 Å². The van der Waals surface area contributed by atoms with Crippen molar-refractivity contribution in [2.75, 3.05) is 31.1 Å². The van der Waals surface area contributed by atoms with Crippen LogP contribution in [-0.2, 0) is 16.1 Å². The highest BCUT2D eigenvalue weighted by molar-refractivity contribution is 7.08. The molecule has 1 N–H and O–H groups in total. The van der Waals surface area contributed by atoms with E-state index in [1.807, 2.05) is 4.68 Å². The van der Waals surface area contributed by atoms with Crippen LogP contribution in [0.25, 0.3) is 0 Å². The Hall–Kier alpha value is -2.00. The predicted octanol–water partition coefficient (Wildman–Crippen LogP) is 0.433. The number of tetrazole rings is 1. The Morgan fingerprint density at radius 3 is 3.13 bits per heavy atom. The quantitative estimate of drug-likeness (QED) is 0.852. The standard InChI is InChI=1S/C14H20N6O2S/c1-10-8-23-9-12(10)6-20-14(16-17-18-20)19-3-4-22-13(7-19)5-15-11(2)21/h8-9,13H,3-7H2,1-2H3,(H,15,21). The fraction of sp³-hybridized carbons (Fsp3) is 0.571. The van der Waals surface area contributed by atoms with Crippen LogP contribution in [0.3, 0.4) is 0 Å². The number of nitrogens with one attached hydrogen (secondary N) is 1. The molecule has 8 nitrogen and oxygen atoms in total. The number of aryl methyl sites for hydroxylation is 1. The molecule has 0 radical (unpaired) electrons. The number of rotatable bonds is 5. The zero-order valence-electron chi connectivity index (χ0n) is 13.2. The average Bonchev–Trinajstić information content (AvgIpc) is 3.16. The molecule has 1 aliphatic heterocycles. The summed E-state index contributed by atoms with van der Waals surface area (Å²) in [5.41, 5.74) is 2.48. The summed E-state index contributed by atoms with van der Waals surface area (Å²) < 4.78 is 7.50. The van der Waals surface area contributed by atoms with Gasteiger partial charge in [-0.15, -0.1) is 0 Å². The molecular formula is C14H20N6O2S. The number of thiophene rings is 1. The van der Waals surface area contributed by atoms with Crippen LogP contribution in [0.2, 0.25) is 0 Å². The molecule has 3 heterocycles. The lowest BCUT2D eigenvalue weighted by Crippen LogP contribution is -2.48. The highest BCUT2D eigenvalue weighted by Gasteiger charge is 2.24. The first kappa shape index (κ1) is 15.9. The smallest absolute Gasteiger partial charge is 0.246 e. The van der Waals surface area contributed by atoms with Gasteiger partial charge in [-0.3, -0.25) is 4.79 Å². The normalized spacial score (nSPS) is 18.2. The second kappa shape index (κ2) is 7.05. The van der Waals surface area contributed by atoms with Gasteiger partial charge in [-0.05, 0) is 39.2 Å². The van der Waals surface area contributed by atoms with Crippen LogP contribution in [0.4, 0.5) is 5.95 Å². The van der Waals surface area contributed by atoms with Crippen LogP contribution in [0, 0.1) is 6.92 Å². The molecule has 1 amide bonds. The number of hydrogen-bond donors (Lipinski definition) is 1. The lowest BCUT2D eigenvalue weighted by atomic mass is 10.2. The molecular weight excluding hydrogens is 316 g/mol. The maximum absolute atomic E-state index is 11.0. The average molecular weight is 336 g/mol. The van der Waals surface area contributed by atoms with Gasteiger partial charge in [-0.1, -0.05) is 5.10 Å². The third-order valence-electron chi connectivity index (χ3n) is 3.80. The Bertz CT molecular complexity index is 670. The molecule has 2 aromatic heterocycles. The largest absolute Gasteiger partial charge is 0.373 e. The zero-order chi connectivity index (χ0) is 16.2. The number of aromatic nitrogens is 4. The van der Waals surface area contributed by atoms with Gasteiger partial charge in [0.2, 0.25) is 11.9 Å². The van der Waals surface area contributed by atoms with Gasteiger partial charge in [0.05, 0.1) is 19.3 Å². The van der Waals surface area contributed by atoms with E-state index in [1.54, 1.807) is 11.3 Å². The van der Waals surface area contributed by atoms with Crippen LogP contribution in [0.15, 0.2) is 10.8 Å². The highest BCUT2D eigenvalue weighted by atomic mass is 32.1. The molecule has 0 spiro atoms. The second-order valence-electron chi connectivity index (χ2n) is 5.59. The molecule has 1 aliphatic rings. The van der Waals surface area contributed by atoms with Crippen LogP contribution in [0.5, 0.6) is 0 Å². The van der Waals surface area contributed by atoms with E-state index >= 15 is 0 Å². The lowest BCUT2D eigenvalue weighted by Gasteiger charge is -2.33. The van der Waals surface area contributed by atoms with Crippen molar-refractivity contribution in [3.8, 4) is 0 Å². The molecule has 1 unspecified atom stereocenters. The summed E-state index contributed by atoms with van der Waals surface area (Å²) in [5.74, 6) is 0.690. The Kier molecular flexibility index (Phi) is 4.87. The molecule has 9 heteroatoms. The van der Waals surface area contributed by atoms with E-state index in [0.29, 0.717) is 26.2 Å². The monoisotopic (exact) mass is 336 g/mol. The van der Waals surface area contributed by atoms with Crippen molar-refractivity contribution < 1.29 is 9.53 Å². The van der Waals surface area contributed by atoms with E-state index < -0.39 is 0 Å². The number of hydrogen-bond acceptors (Lipinski definition) is 7. The van der Waals surface area contributed by atoms with Gasteiger partial charge in [0.25, 0.3) is 0 Å². The van der Waals surface area contributed by atoms with Crippen LogP contribution in [-0.4, -0.2) is 58.5 Å². The second-order valence-corrected chi connectivity index (χ2v) is 6.34. The van der Waals surface area contributed by atoms with E-state index in [2.05, 4.69) is 43.4 Å². The minimum atomic E-state index is -0.0549. The third-order valence-corrected chi connectivity index (χ3v) is 4.71. The van der Waals surface area contributed by atoms with E-state index in [4.69, 9.17) is 4.74 Å². The number of nitrogens with zero attached hydrogens (tertiary/aromatic N) is 5. The lowest BCUT2D eigenvalue weighted by molar-refractivity contribution is -0.119. The number of amides is 1. The van der Waals surface area contributed by atoms with Crippen LogP contribution in [0.1, 0.15) is 18.1 Å². The minimum absolute atomic E-state index is 0.0523. The first-order chi connectivity index (χ1) is 11.1. The Morgan fingerprint density at radius 1 is 1.52 bits per heavy atom. The fourth-order valence-corrected chi connectivity index (χ4v) is 3.37. The van der Waals surface area contributed by atoms with Gasteiger partial charge in [0.15, 0.2) is 0 Å². The summed E-state index contributed by atoms with van der Waals surface area (Å²) >= 11 is 1.68. The number of morpholine rings is 1.